The average Bonchev–Trinajstić information content (AvgIpc) is 2.27. The summed E-state index contributed by atoms with van der Waals surface area (Å²) in [4.78, 5) is 32.7. The number of hydrogen-bond acceptors (Lipinski definition) is 3. The van der Waals surface area contributed by atoms with E-state index in [0.717, 1.165) is 6.07 Å². The Balaban J connectivity index is 2.82. The molecule has 1 aromatic rings. The van der Waals surface area contributed by atoms with Crippen molar-refractivity contribution in [2.24, 2.45) is 0 Å². The van der Waals surface area contributed by atoms with E-state index in [1.165, 1.54) is 18.2 Å². The number of carboxylic acids is 2. The maximum absolute atomic E-state index is 13.2. The monoisotopic (exact) mass is 255 g/mol. The van der Waals surface area contributed by atoms with Gasteiger partial charge in [0.15, 0.2) is 0 Å². The number of benzene rings is 1. The zero-order chi connectivity index (χ0) is 13.7. The van der Waals surface area contributed by atoms with E-state index in [-0.39, 0.29) is 5.56 Å². The summed E-state index contributed by atoms with van der Waals surface area (Å²) in [6.07, 6.45) is -0.782. The molecule has 0 aliphatic rings. The van der Waals surface area contributed by atoms with Crippen LogP contribution in [0, 0.1) is 5.82 Å². The maximum atomic E-state index is 13.2. The largest absolute Gasteiger partial charge is 0.481 e. The van der Waals surface area contributed by atoms with Gasteiger partial charge in [-0.25, -0.2) is 9.18 Å². The minimum absolute atomic E-state index is 0.339. The quantitative estimate of drug-likeness (QED) is 0.710. The molecule has 6 nitrogen and oxygen atoms in total. The van der Waals surface area contributed by atoms with Gasteiger partial charge in [0, 0.05) is 0 Å². The highest BCUT2D eigenvalue weighted by molar-refractivity contribution is 5.97. The van der Waals surface area contributed by atoms with E-state index < -0.39 is 36.1 Å². The zero-order valence-electron chi connectivity index (χ0n) is 9.09. The lowest BCUT2D eigenvalue weighted by Crippen LogP contribution is -2.42. The number of rotatable bonds is 5. The molecule has 0 saturated heterocycles. The smallest absolute Gasteiger partial charge is 0.326 e. The second kappa shape index (κ2) is 5.76. The van der Waals surface area contributed by atoms with Crippen LogP contribution < -0.4 is 5.32 Å². The molecule has 0 aliphatic carbocycles. The fourth-order valence-corrected chi connectivity index (χ4v) is 1.26. The molecule has 0 aromatic heterocycles. The zero-order valence-corrected chi connectivity index (χ0v) is 9.09. The van der Waals surface area contributed by atoms with Crippen LogP contribution in [0.3, 0.4) is 0 Å². The van der Waals surface area contributed by atoms with Gasteiger partial charge in [0.1, 0.15) is 11.9 Å². The molecule has 7 heteroatoms. The van der Waals surface area contributed by atoms with Gasteiger partial charge < -0.3 is 15.5 Å². The molecule has 0 heterocycles. The molecule has 3 N–H and O–H groups in total. The van der Waals surface area contributed by atoms with Crippen molar-refractivity contribution >= 4 is 17.8 Å². The fraction of sp³-hybridized carbons (Fsp3) is 0.182. The second-order valence-corrected chi connectivity index (χ2v) is 3.44. The summed E-state index contributed by atoms with van der Waals surface area (Å²) >= 11 is 0. The Morgan fingerprint density at radius 2 is 1.83 bits per heavy atom. The SMILES string of the molecule is O=C(O)C[C@H](NC(=O)c1ccccc1F)C(=O)O. The molecule has 96 valence electrons. The summed E-state index contributed by atoms with van der Waals surface area (Å²) in [5, 5.41) is 19.1. The van der Waals surface area contributed by atoms with Gasteiger partial charge in [-0.15, -0.1) is 0 Å². The molecular weight excluding hydrogens is 245 g/mol. The Bertz CT molecular complexity index is 488. The number of halogens is 1. The van der Waals surface area contributed by atoms with Crippen molar-refractivity contribution in [3.63, 3.8) is 0 Å². The molecule has 1 aromatic carbocycles. The van der Waals surface area contributed by atoms with Crippen molar-refractivity contribution in [1.29, 1.82) is 0 Å². The van der Waals surface area contributed by atoms with E-state index in [2.05, 4.69) is 0 Å². The predicted molar refractivity (Wildman–Crippen MR) is 57.5 cm³/mol. The first kappa shape index (κ1) is 13.6. The van der Waals surface area contributed by atoms with Crippen molar-refractivity contribution in [3.8, 4) is 0 Å². The maximum Gasteiger partial charge on any atom is 0.326 e. The highest BCUT2D eigenvalue weighted by atomic mass is 19.1. The van der Waals surface area contributed by atoms with Gasteiger partial charge in [-0.05, 0) is 12.1 Å². The van der Waals surface area contributed by atoms with Crippen LogP contribution in [0.15, 0.2) is 24.3 Å². The topological polar surface area (TPSA) is 104 Å². The van der Waals surface area contributed by atoms with Crippen LogP contribution in [0.1, 0.15) is 16.8 Å². The summed E-state index contributed by atoms with van der Waals surface area (Å²) in [7, 11) is 0. The normalized spacial score (nSPS) is 11.6. The molecule has 0 spiro atoms. The summed E-state index contributed by atoms with van der Waals surface area (Å²) < 4.78 is 13.2. The number of amides is 1. The van der Waals surface area contributed by atoms with Crippen molar-refractivity contribution < 1.29 is 29.0 Å². The van der Waals surface area contributed by atoms with Crippen LogP contribution in [-0.4, -0.2) is 34.1 Å². The highest BCUT2D eigenvalue weighted by Crippen LogP contribution is 2.07. The van der Waals surface area contributed by atoms with E-state index >= 15 is 0 Å². The van der Waals surface area contributed by atoms with Crippen molar-refractivity contribution in [2.45, 2.75) is 12.5 Å². The van der Waals surface area contributed by atoms with Gasteiger partial charge in [-0.2, -0.15) is 0 Å². The van der Waals surface area contributed by atoms with Crippen molar-refractivity contribution in [3.05, 3.63) is 35.6 Å². The first-order valence-electron chi connectivity index (χ1n) is 4.92. The molecule has 0 unspecified atom stereocenters. The van der Waals surface area contributed by atoms with Gasteiger partial charge >= 0.3 is 11.9 Å². The van der Waals surface area contributed by atoms with E-state index in [1.807, 2.05) is 5.32 Å². The molecular formula is C11H10FNO5. The van der Waals surface area contributed by atoms with Gasteiger partial charge in [-0.3, -0.25) is 9.59 Å². The number of carbonyl (C=O) groups is 3. The minimum atomic E-state index is -1.60. The number of nitrogens with one attached hydrogen (secondary N) is 1. The van der Waals surface area contributed by atoms with Gasteiger partial charge in [-0.1, -0.05) is 12.1 Å². The van der Waals surface area contributed by atoms with E-state index in [0.29, 0.717) is 0 Å². The summed E-state index contributed by atoms with van der Waals surface area (Å²) in [6, 6.07) is 3.39. The number of carboxylic acid groups (broad SMARTS) is 2. The van der Waals surface area contributed by atoms with Gasteiger partial charge in [0.2, 0.25) is 0 Å². The van der Waals surface area contributed by atoms with Crippen LogP contribution >= 0.6 is 0 Å². The van der Waals surface area contributed by atoms with E-state index in [9.17, 15) is 18.8 Å². The fourth-order valence-electron chi connectivity index (χ4n) is 1.26. The van der Waals surface area contributed by atoms with Crippen LogP contribution in [0.4, 0.5) is 4.39 Å². The molecule has 0 bridgehead atoms. The van der Waals surface area contributed by atoms with E-state index in [4.69, 9.17) is 10.2 Å². The third-order valence-electron chi connectivity index (χ3n) is 2.10. The molecule has 0 radical (unpaired) electrons. The van der Waals surface area contributed by atoms with Crippen LogP contribution in [-0.2, 0) is 9.59 Å². The Morgan fingerprint density at radius 3 is 2.33 bits per heavy atom. The summed E-state index contributed by atoms with van der Waals surface area (Å²) in [5.74, 6) is -4.66. The molecule has 18 heavy (non-hydrogen) atoms. The Morgan fingerprint density at radius 1 is 1.22 bits per heavy atom. The number of carbonyl (C=O) groups excluding carboxylic acids is 1. The third kappa shape index (κ3) is 3.55. The van der Waals surface area contributed by atoms with Crippen LogP contribution in [0.2, 0.25) is 0 Å². The standard InChI is InChI=1S/C11H10FNO5/c12-7-4-2-1-3-6(7)10(16)13-8(11(17)18)5-9(14)15/h1-4,8H,5H2,(H,13,16)(H,14,15)(H,17,18)/t8-/m0/s1. The molecule has 0 aliphatic heterocycles. The molecule has 1 atom stereocenters. The average molecular weight is 255 g/mol. The summed E-state index contributed by atoms with van der Waals surface area (Å²) in [6.45, 7) is 0. The first-order valence-corrected chi connectivity index (χ1v) is 4.92. The van der Waals surface area contributed by atoms with Crippen molar-refractivity contribution in [1.82, 2.24) is 5.32 Å². The number of aliphatic carboxylic acids is 2. The predicted octanol–water partition coefficient (Wildman–Crippen LogP) is 0.483. The Kier molecular flexibility index (Phi) is 4.36. The lowest BCUT2D eigenvalue weighted by molar-refractivity contribution is -0.145. The van der Waals surface area contributed by atoms with Crippen LogP contribution in [0.25, 0.3) is 0 Å². The van der Waals surface area contributed by atoms with Gasteiger partial charge in [0.25, 0.3) is 5.91 Å². The summed E-state index contributed by atoms with van der Waals surface area (Å²) in [5.41, 5.74) is -0.339. The highest BCUT2D eigenvalue weighted by Gasteiger charge is 2.24. The van der Waals surface area contributed by atoms with Crippen molar-refractivity contribution in [2.75, 3.05) is 0 Å². The third-order valence-corrected chi connectivity index (χ3v) is 2.10. The number of hydrogen-bond donors (Lipinski definition) is 3. The van der Waals surface area contributed by atoms with Crippen LogP contribution in [0.5, 0.6) is 0 Å². The lowest BCUT2D eigenvalue weighted by Gasteiger charge is -2.12. The lowest BCUT2D eigenvalue weighted by atomic mass is 10.1. The molecule has 1 amide bonds. The molecule has 0 saturated carbocycles. The molecule has 1 rings (SSSR count). The van der Waals surface area contributed by atoms with E-state index in [1.54, 1.807) is 0 Å². The Labute approximate surface area is 101 Å². The molecule has 0 fully saturated rings. The van der Waals surface area contributed by atoms with Gasteiger partial charge in [0.05, 0.1) is 12.0 Å². The minimum Gasteiger partial charge on any atom is -0.481 e. The first-order chi connectivity index (χ1) is 8.41. The second-order valence-electron chi connectivity index (χ2n) is 3.44. The Hall–Kier alpha value is -2.44.